The summed E-state index contributed by atoms with van der Waals surface area (Å²) in [7, 11) is 0. The monoisotopic (exact) mass is 204 g/mol. The second-order valence-corrected chi connectivity index (χ2v) is 3.16. The molecule has 76 valence electrons. The highest BCUT2D eigenvalue weighted by molar-refractivity contribution is 6.33. The molecule has 2 rings (SSSR count). The fraction of sp³-hybridized carbons (Fsp3) is 0.0909. The molecule has 15 heavy (non-hydrogen) atoms. The van der Waals surface area contributed by atoms with Gasteiger partial charge in [-0.25, -0.2) is 4.79 Å². The van der Waals surface area contributed by atoms with Crippen LogP contribution in [0.25, 0.3) is 11.0 Å². The Morgan fingerprint density at radius 3 is 2.67 bits per heavy atom. The highest BCUT2D eigenvalue weighted by Crippen LogP contribution is 2.19. The second-order valence-electron chi connectivity index (χ2n) is 3.16. The third kappa shape index (κ3) is 1.88. The Kier molecular flexibility index (Phi) is 2.25. The number of carboxylic acid groups (broad SMARTS) is 1. The van der Waals surface area contributed by atoms with E-state index in [0.717, 1.165) is 5.39 Å². The molecule has 0 aliphatic carbocycles. The first-order valence-electron chi connectivity index (χ1n) is 4.40. The van der Waals surface area contributed by atoms with Crippen LogP contribution < -0.4 is 0 Å². The van der Waals surface area contributed by atoms with Gasteiger partial charge in [0.2, 0.25) is 5.78 Å². The number of fused-ring (bicyclic) bond motifs is 1. The third-order valence-corrected chi connectivity index (χ3v) is 2.05. The van der Waals surface area contributed by atoms with Crippen LogP contribution in [0.3, 0.4) is 0 Å². The summed E-state index contributed by atoms with van der Waals surface area (Å²) in [4.78, 5) is 21.3. The molecule has 0 unspecified atom stereocenters. The van der Waals surface area contributed by atoms with Crippen molar-refractivity contribution in [2.45, 2.75) is 6.42 Å². The van der Waals surface area contributed by atoms with Gasteiger partial charge in [-0.3, -0.25) is 4.79 Å². The Morgan fingerprint density at radius 1 is 1.27 bits per heavy atom. The molecule has 2 aromatic rings. The molecular weight excluding hydrogens is 196 g/mol. The zero-order chi connectivity index (χ0) is 10.8. The van der Waals surface area contributed by atoms with Crippen molar-refractivity contribution in [3.63, 3.8) is 0 Å². The summed E-state index contributed by atoms with van der Waals surface area (Å²) in [6.07, 6.45) is -0.204. The summed E-state index contributed by atoms with van der Waals surface area (Å²) in [6.45, 7) is 0. The van der Waals surface area contributed by atoms with Gasteiger partial charge in [0.15, 0.2) is 0 Å². The van der Waals surface area contributed by atoms with E-state index < -0.39 is 11.8 Å². The first kappa shape index (κ1) is 9.45. The van der Waals surface area contributed by atoms with E-state index in [2.05, 4.69) is 0 Å². The first-order chi connectivity index (χ1) is 7.16. The average Bonchev–Trinajstić information content (AvgIpc) is 2.59. The molecule has 0 amide bonds. The molecule has 0 saturated heterocycles. The molecular formula is C11H8O4. The van der Waals surface area contributed by atoms with Gasteiger partial charge in [0.05, 0.1) is 6.42 Å². The normalized spacial score (nSPS) is 10.4. The van der Waals surface area contributed by atoms with Crippen LogP contribution in [0.5, 0.6) is 0 Å². The minimum atomic E-state index is -1.43. The zero-order valence-electron chi connectivity index (χ0n) is 7.77. The number of carbonyl (C=O) groups excluding carboxylic acids is 1. The Labute approximate surface area is 85.1 Å². The molecule has 1 N–H and O–H groups in total. The van der Waals surface area contributed by atoms with Crippen LogP contribution in [0, 0.1) is 0 Å². The Hall–Kier alpha value is -2.10. The van der Waals surface area contributed by atoms with Crippen LogP contribution in [-0.4, -0.2) is 16.9 Å². The Morgan fingerprint density at radius 2 is 2.00 bits per heavy atom. The maximum atomic E-state index is 10.9. The van der Waals surface area contributed by atoms with Gasteiger partial charge < -0.3 is 9.52 Å². The standard InChI is InChI=1S/C11H8O4/c12-9(11(13)14)6-8-5-7-3-1-2-4-10(7)15-8/h1-5H,6H2,(H,13,14). The first-order valence-corrected chi connectivity index (χ1v) is 4.40. The molecule has 1 aromatic carbocycles. The topological polar surface area (TPSA) is 67.5 Å². The van der Waals surface area contributed by atoms with E-state index in [0.29, 0.717) is 11.3 Å². The van der Waals surface area contributed by atoms with Crippen LogP contribution >= 0.6 is 0 Å². The summed E-state index contributed by atoms with van der Waals surface area (Å²) >= 11 is 0. The van der Waals surface area contributed by atoms with Gasteiger partial charge >= 0.3 is 5.97 Å². The third-order valence-electron chi connectivity index (χ3n) is 2.05. The van der Waals surface area contributed by atoms with Crippen LogP contribution in [0.15, 0.2) is 34.7 Å². The molecule has 1 aromatic heterocycles. The summed E-state index contributed by atoms with van der Waals surface area (Å²) in [5, 5.41) is 9.29. The fourth-order valence-electron chi connectivity index (χ4n) is 1.36. The van der Waals surface area contributed by atoms with Crippen LogP contribution in [0.1, 0.15) is 5.76 Å². The number of furan rings is 1. The lowest BCUT2D eigenvalue weighted by Gasteiger charge is -1.89. The lowest BCUT2D eigenvalue weighted by Crippen LogP contribution is -2.14. The highest BCUT2D eigenvalue weighted by atomic mass is 16.4. The minimum Gasteiger partial charge on any atom is -0.475 e. The van der Waals surface area contributed by atoms with E-state index in [1.54, 1.807) is 12.1 Å². The number of carbonyl (C=O) groups is 2. The average molecular weight is 204 g/mol. The SMILES string of the molecule is O=C(O)C(=O)Cc1cc2ccccc2o1. The minimum absolute atomic E-state index is 0.204. The van der Waals surface area contributed by atoms with Crippen LogP contribution in [0.2, 0.25) is 0 Å². The van der Waals surface area contributed by atoms with E-state index in [-0.39, 0.29) is 6.42 Å². The number of ketones is 1. The van der Waals surface area contributed by atoms with Crippen molar-refractivity contribution < 1.29 is 19.1 Å². The Bertz CT molecular complexity index is 491. The predicted octanol–water partition coefficient (Wildman–Crippen LogP) is 1.63. The molecule has 4 nitrogen and oxygen atoms in total. The van der Waals surface area contributed by atoms with Gasteiger partial charge in [-0.1, -0.05) is 18.2 Å². The number of aliphatic carboxylic acids is 1. The number of hydrogen-bond donors (Lipinski definition) is 1. The zero-order valence-corrected chi connectivity index (χ0v) is 7.77. The number of Topliss-reactive ketones (excluding diaryl/α,β-unsaturated/α-hetero) is 1. The largest absolute Gasteiger partial charge is 0.475 e. The molecule has 0 aliphatic rings. The van der Waals surface area contributed by atoms with Crippen molar-refractivity contribution in [2.24, 2.45) is 0 Å². The molecule has 0 bridgehead atoms. The van der Waals surface area contributed by atoms with Crippen molar-refractivity contribution in [1.29, 1.82) is 0 Å². The Balaban J connectivity index is 2.30. The maximum Gasteiger partial charge on any atom is 0.372 e. The predicted molar refractivity (Wildman–Crippen MR) is 52.6 cm³/mol. The molecule has 1 heterocycles. The lowest BCUT2D eigenvalue weighted by atomic mass is 10.2. The lowest BCUT2D eigenvalue weighted by molar-refractivity contribution is -0.148. The molecule has 0 atom stereocenters. The van der Waals surface area contributed by atoms with Gasteiger partial charge in [-0.15, -0.1) is 0 Å². The molecule has 0 spiro atoms. The highest BCUT2D eigenvalue weighted by Gasteiger charge is 2.14. The molecule has 0 fully saturated rings. The van der Waals surface area contributed by atoms with Crippen molar-refractivity contribution in [2.75, 3.05) is 0 Å². The van der Waals surface area contributed by atoms with Crippen molar-refractivity contribution in [3.05, 3.63) is 36.1 Å². The van der Waals surface area contributed by atoms with Gasteiger partial charge in [-0.05, 0) is 12.1 Å². The summed E-state index contributed by atoms with van der Waals surface area (Å²) in [5.41, 5.74) is 0.658. The number of hydrogen-bond acceptors (Lipinski definition) is 3. The van der Waals surface area contributed by atoms with Gasteiger partial charge in [-0.2, -0.15) is 0 Å². The number of para-hydroxylation sites is 1. The summed E-state index contributed by atoms with van der Waals surface area (Å²) < 4.78 is 5.30. The summed E-state index contributed by atoms with van der Waals surface area (Å²) in [6, 6.07) is 8.95. The maximum absolute atomic E-state index is 10.9. The number of benzene rings is 1. The van der Waals surface area contributed by atoms with Crippen molar-refractivity contribution >= 4 is 22.7 Å². The smallest absolute Gasteiger partial charge is 0.372 e. The van der Waals surface area contributed by atoms with Crippen molar-refractivity contribution in [3.8, 4) is 0 Å². The van der Waals surface area contributed by atoms with E-state index in [1.807, 2.05) is 18.2 Å². The number of rotatable bonds is 3. The van der Waals surface area contributed by atoms with Gasteiger partial charge in [0, 0.05) is 5.39 Å². The van der Waals surface area contributed by atoms with Crippen LogP contribution in [0.4, 0.5) is 0 Å². The number of carboxylic acids is 1. The second kappa shape index (κ2) is 3.57. The molecule has 4 heteroatoms. The quantitative estimate of drug-likeness (QED) is 0.771. The van der Waals surface area contributed by atoms with Gasteiger partial charge in [0.1, 0.15) is 11.3 Å². The van der Waals surface area contributed by atoms with E-state index in [9.17, 15) is 9.59 Å². The molecule has 0 radical (unpaired) electrons. The molecule has 0 aliphatic heterocycles. The van der Waals surface area contributed by atoms with Gasteiger partial charge in [0.25, 0.3) is 0 Å². The van der Waals surface area contributed by atoms with E-state index >= 15 is 0 Å². The molecule has 0 saturated carbocycles. The fourth-order valence-corrected chi connectivity index (χ4v) is 1.36. The summed E-state index contributed by atoms with van der Waals surface area (Å²) in [5.74, 6) is -1.92. The van der Waals surface area contributed by atoms with Crippen molar-refractivity contribution in [1.82, 2.24) is 0 Å². The van der Waals surface area contributed by atoms with Crippen LogP contribution in [-0.2, 0) is 16.0 Å². The van der Waals surface area contributed by atoms with E-state index in [4.69, 9.17) is 9.52 Å². The van der Waals surface area contributed by atoms with E-state index in [1.165, 1.54) is 0 Å².